The Morgan fingerprint density at radius 2 is 1.85 bits per heavy atom. The summed E-state index contributed by atoms with van der Waals surface area (Å²) in [4.78, 5) is 25.9. The molecule has 0 spiro atoms. The van der Waals surface area contributed by atoms with Gasteiger partial charge in [-0.15, -0.1) is 0 Å². The number of hydrogen-bond donors (Lipinski definition) is 0. The molecule has 26 heavy (non-hydrogen) atoms. The molecule has 3 nitrogen and oxygen atoms in total. The molecule has 0 bridgehead atoms. The average molecular weight is 354 g/mol. The standard InChI is InChI=1S/C23H30O3/c1-8-14(3)20(17(24)9-2)22(19-11-10-16(5)26-19)21-15(4)12-23(6,7)13-18(21)25/h10-11H,4,8-9,12-13H2,1-3,5-7H3/b20-14+,22-21+. The lowest BCUT2D eigenvalue weighted by atomic mass is 9.70. The number of rotatable bonds is 5. The van der Waals surface area contributed by atoms with Crippen molar-refractivity contribution in [2.24, 2.45) is 5.41 Å². The third-order valence-electron chi connectivity index (χ3n) is 5.01. The summed E-state index contributed by atoms with van der Waals surface area (Å²) in [5, 5.41) is 0. The van der Waals surface area contributed by atoms with Gasteiger partial charge in [-0.1, -0.05) is 39.8 Å². The zero-order chi connectivity index (χ0) is 19.6. The van der Waals surface area contributed by atoms with Crippen LogP contribution in [0.15, 0.2) is 45.4 Å². The molecular weight excluding hydrogens is 324 g/mol. The van der Waals surface area contributed by atoms with Crippen LogP contribution < -0.4 is 0 Å². The Bertz CT molecular complexity index is 790. The second-order valence-electron chi connectivity index (χ2n) is 7.99. The van der Waals surface area contributed by atoms with Gasteiger partial charge in [-0.2, -0.15) is 0 Å². The Morgan fingerprint density at radius 1 is 1.19 bits per heavy atom. The minimum absolute atomic E-state index is 0.0336. The summed E-state index contributed by atoms with van der Waals surface area (Å²) in [6.45, 7) is 16.0. The molecule has 0 N–H and O–H groups in total. The van der Waals surface area contributed by atoms with Gasteiger partial charge in [-0.05, 0) is 49.8 Å². The number of carbonyl (C=O) groups excluding carboxylic acids is 2. The summed E-state index contributed by atoms with van der Waals surface area (Å²) < 4.78 is 5.88. The van der Waals surface area contributed by atoms with Crippen LogP contribution in [0.25, 0.3) is 5.57 Å². The number of Topliss-reactive ketones (excluding diaryl/α,β-unsaturated/α-hetero) is 2. The van der Waals surface area contributed by atoms with E-state index in [-0.39, 0.29) is 17.0 Å². The Balaban J connectivity index is 2.83. The quantitative estimate of drug-likeness (QED) is 0.610. The number of hydrogen-bond acceptors (Lipinski definition) is 3. The SMILES string of the molecule is C=C1CC(C)(C)CC(=O)/C1=C(/C(C(=O)CC)=C(\C)CC)c1ccc(C)o1. The second kappa shape index (κ2) is 7.61. The van der Waals surface area contributed by atoms with Crippen LogP contribution in [0.3, 0.4) is 0 Å². The lowest BCUT2D eigenvalue weighted by Crippen LogP contribution is -2.27. The maximum atomic E-state index is 13.1. The molecule has 140 valence electrons. The van der Waals surface area contributed by atoms with Gasteiger partial charge >= 0.3 is 0 Å². The lowest BCUT2D eigenvalue weighted by Gasteiger charge is -2.33. The smallest absolute Gasteiger partial charge is 0.164 e. The molecule has 1 aliphatic carbocycles. The van der Waals surface area contributed by atoms with Crippen molar-refractivity contribution >= 4 is 17.1 Å². The Hall–Kier alpha value is -2.16. The number of ketones is 2. The van der Waals surface area contributed by atoms with E-state index in [0.717, 1.165) is 29.7 Å². The van der Waals surface area contributed by atoms with Crippen LogP contribution in [0.4, 0.5) is 0 Å². The summed E-state index contributed by atoms with van der Waals surface area (Å²) in [5.74, 6) is 1.41. The summed E-state index contributed by atoms with van der Waals surface area (Å²) in [6.07, 6.45) is 2.30. The van der Waals surface area contributed by atoms with E-state index in [4.69, 9.17) is 4.42 Å². The molecule has 0 aromatic carbocycles. The summed E-state index contributed by atoms with van der Waals surface area (Å²) >= 11 is 0. The van der Waals surface area contributed by atoms with Gasteiger partial charge in [-0.25, -0.2) is 0 Å². The molecule has 0 aliphatic heterocycles. The van der Waals surface area contributed by atoms with Crippen molar-refractivity contribution in [2.75, 3.05) is 0 Å². The van der Waals surface area contributed by atoms with Crippen molar-refractivity contribution in [2.45, 2.75) is 67.2 Å². The molecule has 0 amide bonds. The molecule has 0 atom stereocenters. The average Bonchev–Trinajstić information content (AvgIpc) is 2.97. The summed E-state index contributed by atoms with van der Waals surface area (Å²) in [5.41, 5.74) is 3.48. The largest absolute Gasteiger partial charge is 0.461 e. The Labute approximate surface area is 156 Å². The maximum Gasteiger partial charge on any atom is 0.164 e. The fourth-order valence-corrected chi connectivity index (χ4v) is 3.65. The summed E-state index contributed by atoms with van der Waals surface area (Å²) in [6, 6.07) is 3.72. The predicted octanol–water partition coefficient (Wildman–Crippen LogP) is 5.99. The van der Waals surface area contributed by atoms with Crippen LogP contribution in [-0.2, 0) is 9.59 Å². The Morgan fingerprint density at radius 3 is 2.31 bits per heavy atom. The van der Waals surface area contributed by atoms with Crippen LogP contribution in [0.5, 0.6) is 0 Å². The van der Waals surface area contributed by atoms with Crippen LogP contribution in [0, 0.1) is 12.3 Å². The van der Waals surface area contributed by atoms with E-state index in [1.165, 1.54) is 0 Å². The van der Waals surface area contributed by atoms with Gasteiger partial charge in [0.25, 0.3) is 0 Å². The maximum absolute atomic E-state index is 13.1. The Kier molecular flexibility index (Phi) is 5.90. The number of aryl methyl sites for hydroxylation is 1. The number of carbonyl (C=O) groups is 2. The highest BCUT2D eigenvalue weighted by Gasteiger charge is 2.36. The third-order valence-corrected chi connectivity index (χ3v) is 5.01. The molecule has 3 heteroatoms. The van der Waals surface area contributed by atoms with Gasteiger partial charge in [-0.3, -0.25) is 9.59 Å². The van der Waals surface area contributed by atoms with Gasteiger partial charge in [0, 0.05) is 29.6 Å². The van der Waals surface area contributed by atoms with Gasteiger partial charge in [0.05, 0.1) is 0 Å². The van der Waals surface area contributed by atoms with E-state index in [2.05, 4.69) is 20.4 Å². The van der Waals surface area contributed by atoms with Gasteiger partial charge in [0.1, 0.15) is 11.5 Å². The van der Waals surface area contributed by atoms with E-state index in [0.29, 0.717) is 35.3 Å². The predicted molar refractivity (Wildman–Crippen MR) is 106 cm³/mol. The molecule has 2 rings (SSSR count). The zero-order valence-corrected chi connectivity index (χ0v) is 16.9. The zero-order valence-electron chi connectivity index (χ0n) is 16.9. The van der Waals surface area contributed by atoms with Crippen LogP contribution in [0.2, 0.25) is 0 Å². The molecule has 1 aliphatic rings. The third kappa shape index (κ3) is 3.98. The van der Waals surface area contributed by atoms with Gasteiger partial charge < -0.3 is 4.42 Å². The van der Waals surface area contributed by atoms with E-state index in [1.807, 2.05) is 39.8 Å². The molecule has 0 radical (unpaired) electrons. The van der Waals surface area contributed by atoms with Gasteiger partial charge in [0.15, 0.2) is 11.6 Å². The summed E-state index contributed by atoms with van der Waals surface area (Å²) in [7, 11) is 0. The first-order valence-electron chi connectivity index (χ1n) is 9.37. The molecule has 1 heterocycles. The van der Waals surface area contributed by atoms with Crippen molar-refractivity contribution in [3.05, 3.63) is 52.5 Å². The molecule has 0 unspecified atom stereocenters. The molecule has 0 saturated heterocycles. The number of allylic oxidation sites excluding steroid dienone is 5. The highest BCUT2D eigenvalue weighted by atomic mass is 16.3. The molecule has 1 fully saturated rings. The highest BCUT2D eigenvalue weighted by molar-refractivity contribution is 6.18. The van der Waals surface area contributed by atoms with Crippen molar-refractivity contribution in [1.29, 1.82) is 0 Å². The molecule has 1 aromatic heterocycles. The minimum Gasteiger partial charge on any atom is -0.461 e. The van der Waals surface area contributed by atoms with Crippen molar-refractivity contribution in [3.8, 4) is 0 Å². The van der Waals surface area contributed by atoms with Crippen LogP contribution in [0.1, 0.15) is 71.8 Å². The van der Waals surface area contributed by atoms with E-state index >= 15 is 0 Å². The van der Waals surface area contributed by atoms with E-state index < -0.39 is 0 Å². The van der Waals surface area contributed by atoms with Crippen molar-refractivity contribution in [3.63, 3.8) is 0 Å². The van der Waals surface area contributed by atoms with Crippen molar-refractivity contribution < 1.29 is 14.0 Å². The first-order chi connectivity index (χ1) is 12.1. The lowest BCUT2D eigenvalue weighted by molar-refractivity contribution is -0.117. The first-order valence-corrected chi connectivity index (χ1v) is 9.37. The fourth-order valence-electron chi connectivity index (χ4n) is 3.65. The monoisotopic (exact) mass is 354 g/mol. The minimum atomic E-state index is -0.111. The molecular formula is C23H30O3. The second-order valence-corrected chi connectivity index (χ2v) is 7.99. The number of furan rings is 1. The van der Waals surface area contributed by atoms with E-state index in [9.17, 15) is 9.59 Å². The highest BCUT2D eigenvalue weighted by Crippen LogP contribution is 2.44. The van der Waals surface area contributed by atoms with Crippen molar-refractivity contribution in [1.82, 2.24) is 0 Å². The van der Waals surface area contributed by atoms with E-state index in [1.54, 1.807) is 0 Å². The van der Waals surface area contributed by atoms with Crippen LogP contribution in [-0.4, -0.2) is 11.6 Å². The first kappa shape index (κ1) is 20.2. The van der Waals surface area contributed by atoms with Crippen LogP contribution >= 0.6 is 0 Å². The molecule has 1 aromatic rings. The normalized spacial score (nSPS) is 20.1. The fraction of sp³-hybridized carbons (Fsp3) is 0.478. The molecule has 1 saturated carbocycles. The van der Waals surface area contributed by atoms with Gasteiger partial charge in [0.2, 0.25) is 0 Å². The topological polar surface area (TPSA) is 47.3 Å².